The molecule has 0 saturated heterocycles. The molecule has 0 aliphatic rings. The third-order valence-corrected chi connectivity index (χ3v) is 8.23. The highest BCUT2D eigenvalue weighted by Gasteiger charge is 2.44. The molecule has 3 N–H and O–H groups in total. The Bertz CT molecular complexity index is 1280. The van der Waals surface area contributed by atoms with Gasteiger partial charge in [0.1, 0.15) is 0 Å². The fourth-order valence-electron chi connectivity index (χ4n) is 5.25. The molecule has 3 nitrogen and oxygen atoms in total. The highest BCUT2D eigenvalue weighted by molar-refractivity contribution is 7.66. The van der Waals surface area contributed by atoms with Gasteiger partial charge in [0.2, 0.25) is 0 Å². The van der Waals surface area contributed by atoms with Crippen molar-refractivity contribution in [3.63, 3.8) is 0 Å². The van der Waals surface area contributed by atoms with Gasteiger partial charge < -0.3 is 0 Å². The van der Waals surface area contributed by atoms with Crippen molar-refractivity contribution in [3.8, 4) is 22.3 Å². The van der Waals surface area contributed by atoms with Crippen molar-refractivity contribution in [3.05, 3.63) is 76.9 Å². The maximum absolute atomic E-state index is 10.8. The van der Waals surface area contributed by atoms with Gasteiger partial charge in [0.25, 0.3) is 0 Å². The SMILES string of the molecule is CC(C)(C)c1ccc(-c2cc([P+](O)(O)O)c(C(C)(C)C)c(-c3ccc(C(C)(C)C)cc3)c2C(C)(C)C)cc1. The Morgan fingerprint density at radius 2 is 0.842 bits per heavy atom. The van der Waals surface area contributed by atoms with Crippen molar-refractivity contribution in [1.82, 2.24) is 0 Å². The molecule has 0 radical (unpaired) electrons. The third kappa shape index (κ3) is 6.40. The third-order valence-electron chi connectivity index (χ3n) is 7.23. The normalized spacial score (nSPS) is 13.7. The van der Waals surface area contributed by atoms with Gasteiger partial charge in [-0.3, -0.25) is 0 Å². The Morgan fingerprint density at radius 3 is 1.16 bits per heavy atom. The molecule has 0 atom stereocenters. The fourth-order valence-corrected chi connectivity index (χ4v) is 6.30. The van der Waals surface area contributed by atoms with Crippen molar-refractivity contribution in [1.29, 1.82) is 0 Å². The smallest absolute Gasteiger partial charge is 0.189 e. The molecule has 3 aromatic carbocycles. The van der Waals surface area contributed by atoms with Crippen LogP contribution in [0.4, 0.5) is 0 Å². The zero-order chi connectivity index (χ0) is 29.1. The summed E-state index contributed by atoms with van der Waals surface area (Å²) >= 11 is 0. The molecule has 0 fully saturated rings. The summed E-state index contributed by atoms with van der Waals surface area (Å²) in [5, 5.41) is 0.225. The van der Waals surface area contributed by atoms with Crippen LogP contribution in [0.3, 0.4) is 0 Å². The van der Waals surface area contributed by atoms with Crippen LogP contribution in [0.5, 0.6) is 0 Å². The Hall–Kier alpha value is -2.03. The monoisotopic (exact) mass is 535 g/mol. The summed E-state index contributed by atoms with van der Waals surface area (Å²) < 4.78 is 0. The van der Waals surface area contributed by atoms with E-state index in [1.165, 1.54) is 11.1 Å². The van der Waals surface area contributed by atoms with E-state index in [0.29, 0.717) is 0 Å². The first-order valence-corrected chi connectivity index (χ1v) is 15.2. The van der Waals surface area contributed by atoms with E-state index in [0.717, 1.165) is 33.4 Å². The van der Waals surface area contributed by atoms with Gasteiger partial charge in [-0.1, -0.05) is 132 Å². The van der Waals surface area contributed by atoms with Crippen LogP contribution in [-0.2, 0) is 21.7 Å². The first-order chi connectivity index (χ1) is 17.0. The molecule has 38 heavy (non-hydrogen) atoms. The predicted molar refractivity (Wildman–Crippen MR) is 165 cm³/mol. The van der Waals surface area contributed by atoms with E-state index in [4.69, 9.17) is 0 Å². The van der Waals surface area contributed by atoms with Crippen LogP contribution in [0.15, 0.2) is 54.6 Å². The Kier molecular flexibility index (Phi) is 7.92. The summed E-state index contributed by atoms with van der Waals surface area (Å²) in [5.74, 6) is 0. The molecular weight excluding hydrogens is 487 g/mol. The minimum atomic E-state index is -4.34. The van der Waals surface area contributed by atoms with Crippen molar-refractivity contribution >= 4 is 13.2 Å². The molecule has 0 aliphatic carbocycles. The maximum atomic E-state index is 10.8. The van der Waals surface area contributed by atoms with Crippen LogP contribution >= 0.6 is 7.94 Å². The zero-order valence-electron chi connectivity index (χ0n) is 25.5. The first kappa shape index (κ1) is 30.5. The van der Waals surface area contributed by atoms with E-state index >= 15 is 0 Å². The molecule has 0 heterocycles. The Morgan fingerprint density at radius 1 is 0.474 bits per heavy atom. The van der Waals surface area contributed by atoms with Gasteiger partial charge in [-0.2, -0.15) is 14.7 Å². The van der Waals surface area contributed by atoms with Crippen molar-refractivity contribution in [2.24, 2.45) is 0 Å². The van der Waals surface area contributed by atoms with Crippen LogP contribution in [-0.4, -0.2) is 14.7 Å². The van der Waals surface area contributed by atoms with E-state index in [9.17, 15) is 14.7 Å². The highest BCUT2D eigenvalue weighted by Crippen LogP contribution is 2.52. The average molecular weight is 536 g/mol. The lowest BCUT2D eigenvalue weighted by atomic mass is 9.71. The van der Waals surface area contributed by atoms with Crippen molar-refractivity contribution in [2.45, 2.75) is 105 Å². The Labute approximate surface area is 231 Å². The number of benzene rings is 3. The van der Waals surface area contributed by atoms with Crippen molar-refractivity contribution < 1.29 is 14.7 Å². The fraction of sp³-hybridized carbons (Fsp3) is 0.471. The molecular formula is C34H48O3P+. The van der Waals surface area contributed by atoms with E-state index < -0.39 is 13.4 Å². The van der Waals surface area contributed by atoms with E-state index in [1.54, 1.807) is 0 Å². The molecule has 4 heteroatoms. The predicted octanol–water partition coefficient (Wildman–Crippen LogP) is 8.58. The van der Waals surface area contributed by atoms with Gasteiger partial charge >= 0.3 is 7.94 Å². The molecule has 0 aromatic heterocycles. The van der Waals surface area contributed by atoms with E-state index in [1.807, 2.05) is 6.07 Å². The summed E-state index contributed by atoms with van der Waals surface area (Å²) in [7, 11) is -4.34. The average Bonchev–Trinajstić information content (AvgIpc) is 2.74. The molecule has 0 bridgehead atoms. The minimum absolute atomic E-state index is 0.0159. The van der Waals surface area contributed by atoms with Gasteiger partial charge in [-0.25, -0.2) is 0 Å². The second-order valence-electron chi connectivity index (χ2n) is 14.8. The molecule has 0 spiro atoms. The zero-order valence-corrected chi connectivity index (χ0v) is 26.4. The van der Waals surface area contributed by atoms with Gasteiger partial charge in [0.15, 0.2) is 5.30 Å². The van der Waals surface area contributed by atoms with Gasteiger partial charge in [-0.15, -0.1) is 0 Å². The minimum Gasteiger partial charge on any atom is -0.189 e. The van der Waals surface area contributed by atoms with Gasteiger partial charge in [-0.05, 0) is 66.7 Å². The summed E-state index contributed by atoms with van der Waals surface area (Å²) in [6.07, 6.45) is 0. The quantitative estimate of drug-likeness (QED) is 0.294. The highest BCUT2D eigenvalue weighted by atomic mass is 31.2. The topological polar surface area (TPSA) is 60.7 Å². The standard InChI is InChI=1S/C34H48O3P/c1-31(2,3)24-17-13-22(14-18-24)26-21-27(38(35,36)37)30(34(10,11)12)28(29(26)33(7,8)9)23-15-19-25(20-16-23)32(4,5)6/h13-21,35-37H,1-12H3/q+1. The molecule has 3 rings (SSSR count). The molecule has 206 valence electrons. The molecule has 0 unspecified atom stereocenters. The number of hydrogen-bond acceptors (Lipinski definition) is 3. The van der Waals surface area contributed by atoms with Crippen LogP contribution in [0.2, 0.25) is 0 Å². The van der Waals surface area contributed by atoms with Crippen LogP contribution in [0.25, 0.3) is 22.3 Å². The largest absolute Gasteiger partial charge is 0.441 e. The van der Waals surface area contributed by atoms with E-state index in [2.05, 4.69) is 132 Å². The second kappa shape index (κ2) is 9.86. The molecule has 0 amide bonds. The first-order valence-electron chi connectivity index (χ1n) is 13.5. The summed E-state index contributed by atoms with van der Waals surface area (Å²) in [5.41, 5.74) is 7.58. The lowest BCUT2D eigenvalue weighted by Crippen LogP contribution is -2.30. The molecule has 3 aromatic rings. The molecule has 0 saturated carbocycles. The summed E-state index contributed by atoms with van der Waals surface area (Å²) in [6, 6.07) is 19.0. The lowest BCUT2D eigenvalue weighted by molar-refractivity contribution is 0.346. The van der Waals surface area contributed by atoms with Crippen molar-refractivity contribution in [2.75, 3.05) is 0 Å². The van der Waals surface area contributed by atoms with Crippen LogP contribution in [0, 0.1) is 0 Å². The van der Waals surface area contributed by atoms with Crippen LogP contribution < -0.4 is 5.30 Å². The molecule has 0 aliphatic heterocycles. The van der Waals surface area contributed by atoms with E-state index in [-0.39, 0.29) is 21.5 Å². The Balaban J connectivity index is 2.54. The number of rotatable bonds is 3. The maximum Gasteiger partial charge on any atom is 0.441 e. The number of hydrogen-bond donors (Lipinski definition) is 3. The lowest BCUT2D eigenvalue weighted by Gasteiger charge is -2.34. The second-order valence-corrected chi connectivity index (χ2v) is 16.4. The van der Waals surface area contributed by atoms with Gasteiger partial charge in [0, 0.05) is 5.56 Å². The van der Waals surface area contributed by atoms with Crippen LogP contribution in [0.1, 0.15) is 105 Å². The summed E-state index contributed by atoms with van der Waals surface area (Å²) in [4.78, 5) is 32.4. The van der Waals surface area contributed by atoms with Gasteiger partial charge in [0.05, 0.1) is 0 Å². The summed E-state index contributed by atoms with van der Waals surface area (Å²) in [6.45, 7) is 26.0.